The number of phenols is 1. The predicted molar refractivity (Wildman–Crippen MR) is 75.3 cm³/mol. The van der Waals surface area contributed by atoms with Crippen LogP contribution < -0.4 is 5.32 Å². The summed E-state index contributed by atoms with van der Waals surface area (Å²) in [6.45, 7) is 2.59. The Bertz CT molecular complexity index is 544. The number of phenolic OH excluding ortho intramolecular Hbond substituents is 1. The Labute approximate surface area is 118 Å². The van der Waals surface area contributed by atoms with Crippen molar-refractivity contribution in [3.05, 3.63) is 50.4 Å². The van der Waals surface area contributed by atoms with Crippen LogP contribution in [0.4, 0.5) is 4.39 Å². The van der Waals surface area contributed by atoms with Gasteiger partial charge in [-0.2, -0.15) is 0 Å². The van der Waals surface area contributed by atoms with Crippen molar-refractivity contribution < 1.29 is 9.50 Å². The Morgan fingerprint density at radius 1 is 1.44 bits per heavy atom. The third-order valence-corrected chi connectivity index (χ3v) is 4.35. The average molecular weight is 330 g/mol. The van der Waals surface area contributed by atoms with E-state index in [1.54, 1.807) is 17.4 Å². The van der Waals surface area contributed by atoms with Gasteiger partial charge >= 0.3 is 0 Å². The van der Waals surface area contributed by atoms with Gasteiger partial charge in [0.2, 0.25) is 0 Å². The number of benzene rings is 1. The van der Waals surface area contributed by atoms with Gasteiger partial charge in [-0.05, 0) is 35.0 Å². The number of nitrogens with one attached hydrogen (secondary N) is 1. The largest absolute Gasteiger partial charge is 0.508 e. The highest BCUT2D eigenvalue weighted by molar-refractivity contribution is 9.10. The molecule has 1 aromatic carbocycles. The van der Waals surface area contributed by atoms with E-state index < -0.39 is 0 Å². The minimum absolute atomic E-state index is 0.0503. The van der Waals surface area contributed by atoms with Crippen LogP contribution in [0.5, 0.6) is 5.75 Å². The van der Waals surface area contributed by atoms with Crippen LogP contribution in [-0.2, 0) is 6.54 Å². The molecule has 0 aliphatic heterocycles. The first-order chi connectivity index (χ1) is 8.56. The normalized spacial score (nSPS) is 12.6. The van der Waals surface area contributed by atoms with E-state index in [-0.39, 0.29) is 17.6 Å². The number of rotatable bonds is 4. The SMILES string of the molecule is CC(NCc1cc(Br)cs1)c1ccc(O)cc1F. The van der Waals surface area contributed by atoms with Crippen LogP contribution in [0.25, 0.3) is 0 Å². The average Bonchev–Trinajstić information content (AvgIpc) is 2.72. The van der Waals surface area contributed by atoms with Gasteiger partial charge in [0.25, 0.3) is 0 Å². The van der Waals surface area contributed by atoms with Gasteiger partial charge in [-0.3, -0.25) is 0 Å². The molecule has 5 heteroatoms. The zero-order chi connectivity index (χ0) is 13.1. The molecule has 1 unspecified atom stereocenters. The first-order valence-electron chi connectivity index (χ1n) is 5.51. The van der Waals surface area contributed by atoms with Gasteiger partial charge < -0.3 is 10.4 Å². The molecule has 0 aliphatic carbocycles. The number of hydrogen-bond acceptors (Lipinski definition) is 3. The molecule has 2 N–H and O–H groups in total. The summed E-state index contributed by atoms with van der Waals surface area (Å²) >= 11 is 5.05. The van der Waals surface area contributed by atoms with Crippen molar-refractivity contribution in [1.82, 2.24) is 5.32 Å². The highest BCUT2D eigenvalue weighted by Gasteiger charge is 2.11. The molecule has 0 saturated carbocycles. The molecule has 96 valence electrons. The number of halogens is 2. The maximum Gasteiger partial charge on any atom is 0.131 e. The standard InChI is InChI=1S/C13H13BrFNOS/c1-8(12-3-2-10(17)5-13(12)15)16-6-11-4-9(14)7-18-11/h2-5,7-8,16-17H,6H2,1H3. The molecule has 0 fully saturated rings. The Morgan fingerprint density at radius 3 is 2.83 bits per heavy atom. The third kappa shape index (κ3) is 3.31. The van der Waals surface area contributed by atoms with Crippen LogP contribution in [0.3, 0.4) is 0 Å². The van der Waals surface area contributed by atoms with E-state index >= 15 is 0 Å². The second kappa shape index (κ2) is 5.82. The van der Waals surface area contributed by atoms with Crippen molar-refractivity contribution >= 4 is 27.3 Å². The molecule has 0 spiro atoms. The lowest BCUT2D eigenvalue weighted by atomic mass is 10.1. The molecule has 1 atom stereocenters. The monoisotopic (exact) mass is 329 g/mol. The van der Waals surface area contributed by atoms with Gasteiger partial charge in [-0.15, -0.1) is 11.3 Å². The second-order valence-electron chi connectivity index (χ2n) is 4.04. The van der Waals surface area contributed by atoms with E-state index in [2.05, 4.69) is 21.2 Å². The van der Waals surface area contributed by atoms with E-state index in [1.807, 2.05) is 18.4 Å². The van der Waals surface area contributed by atoms with Gasteiger partial charge in [-0.1, -0.05) is 6.07 Å². The fourth-order valence-corrected chi connectivity index (χ4v) is 3.08. The second-order valence-corrected chi connectivity index (χ2v) is 5.95. The summed E-state index contributed by atoms with van der Waals surface area (Å²) in [5, 5.41) is 14.4. The topological polar surface area (TPSA) is 32.3 Å². The lowest BCUT2D eigenvalue weighted by Gasteiger charge is -2.14. The van der Waals surface area contributed by atoms with Crippen molar-refractivity contribution in [2.24, 2.45) is 0 Å². The molecule has 18 heavy (non-hydrogen) atoms. The van der Waals surface area contributed by atoms with Crippen LogP contribution in [0.15, 0.2) is 34.1 Å². The highest BCUT2D eigenvalue weighted by Crippen LogP contribution is 2.23. The van der Waals surface area contributed by atoms with Crippen LogP contribution >= 0.6 is 27.3 Å². The first kappa shape index (κ1) is 13.5. The summed E-state index contributed by atoms with van der Waals surface area (Å²) in [5.41, 5.74) is 0.559. The molecular formula is C13H13BrFNOS. The Morgan fingerprint density at radius 2 is 2.22 bits per heavy atom. The van der Waals surface area contributed by atoms with Gasteiger partial charge in [0, 0.05) is 38.9 Å². The van der Waals surface area contributed by atoms with E-state index in [9.17, 15) is 4.39 Å². The van der Waals surface area contributed by atoms with E-state index in [4.69, 9.17) is 5.11 Å². The molecule has 1 heterocycles. The predicted octanol–water partition coefficient (Wildman–Crippen LogP) is 4.21. The summed E-state index contributed by atoms with van der Waals surface area (Å²) in [4.78, 5) is 1.19. The number of aromatic hydroxyl groups is 1. The Hall–Kier alpha value is -0.910. The summed E-state index contributed by atoms with van der Waals surface area (Å²) in [7, 11) is 0. The molecular weight excluding hydrogens is 317 g/mol. The fourth-order valence-electron chi connectivity index (χ4n) is 1.68. The summed E-state index contributed by atoms with van der Waals surface area (Å²) in [5.74, 6) is -0.437. The van der Waals surface area contributed by atoms with Crippen LogP contribution in [0.1, 0.15) is 23.4 Å². The first-order valence-corrected chi connectivity index (χ1v) is 7.18. The van der Waals surface area contributed by atoms with Gasteiger partial charge in [-0.25, -0.2) is 4.39 Å². The van der Waals surface area contributed by atoms with Crippen molar-refractivity contribution in [2.45, 2.75) is 19.5 Å². The Kier molecular flexibility index (Phi) is 4.37. The van der Waals surface area contributed by atoms with E-state index in [0.717, 1.165) is 10.5 Å². The molecule has 2 rings (SSSR count). The third-order valence-electron chi connectivity index (χ3n) is 2.65. The highest BCUT2D eigenvalue weighted by atomic mass is 79.9. The summed E-state index contributed by atoms with van der Waals surface area (Å²) in [6.07, 6.45) is 0. The lowest BCUT2D eigenvalue weighted by molar-refractivity contribution is 0.463. The van der Waals surface area contributed by atoms with E-state index in [1.165, 1.54) is 10.9 Å². The van der Waals surface area contributed by atoms with Crippen molar-refractivity contribution in [2.75, 3.05) is 0 Å². The lowest BCUT2D eigenvalue weighted by Crippen LogP contribution is -2.18. The van der Waals surface area contributed by atoms with Crippen molar-refractivity contribution in [1.29, 1.82) is 0 Å². The molecule has 0 aliphatic rings. The van der Waals surface area contributed by atoms with Gasteiger partial charge in [0.1, 0.15) is 11.6 Å². The molecule has 0 saturated heterocycles. The molecule has 0 bridgehead atoms. The summed E-state index contributed by atoms with van der Waals surface area (Å²) < 4.78 is 14.7. The van der Waals surface area contributed by atoms with Crippen LogP contribution in [0.2, 0.25) is 0 Å². The van der Waals surface area contributed by atoms with E-state index in [0.29, 0.717) is 12.1 Å². The minimum Gasteiger partial charge on any atom is -0.508 e. The zero-order valence-electron chi connectivity index (χ0n) is 9.78. The maximum absolute atomic E-state index is 13.6. The maximum atomic E-state index is 13.6. The van der Waals surface area contributed by atoms with Crippen LogP contribution in [0, 0.1) is 5.82 Å². The smallest absolute Gasteiger partial charge is 0.131 e. The quantitative estimate of drug-likeness (QED) is 0.880. The Balaban J connectivity index is 2.01. The molecule has 2 nitrogen and oxygen atoms in total. The van der Waals surface area contributed by atoms with Gasteiger partial charge in [0.15, 0.2) is 0 Å². The van der Waals surface area contributed by atoms with Crippen LogP contribution in [-0.4, -0.2) is 5.11 Å². The summed E-state index contributed by atoms with van der Waals surface area (Å²) in [6, 6.07) is 6.17. The fraction of sp³-hybridized carbons (Fsp3) is 0.231. The zero-order valence-corrected chi connectivity index (χ0v) is 12.2. The number of thiophene rings is 1. The number of hydrogen-bond donors (Lipinski definition) is 2. The molecule has 1 aromatic heterocycles. The molecule has 0 radical (unpaired) electrons. The minimum atomic E-state index is -0.387. The molecule has 0 amide bonds. The van der Waals surface area contributed by atoms with Gasteiger partial charge in [0.05, 0.1) is 0 Å². The molecule has 2 aromatic rings. The van der Waals surface area contributed by atoms with Crippen molar-refractivity contribution in [3.63, 3.8) is 0 Å². The van der Waals surface area contributed by atoms with Crippen molar-refractivity contribution in [3.8, 4) is 5.75 Å².